The van der Waals surface area contributed by atoms with Crippen LogP contribution in [0.3, 0.4) is 0 Å². The van der Waals surface area contributed by atoms with Gasteiger partial charge in [0.2, 0.25) is 0 Å². The van der Waals surface area contributed by atoms with Crippen LogP contribution >= 0.6 is 0 Å². The third kappa shape index (κ3) is 3.57. The van der Waals surface area contributed by atoms with Crippen LogP contribution in [-0.4, -0.2) is 47.7 Å². The number of fused-ring (bicyclic) bond motifs is 1. The second-order valence-electron chi connectivity index (χ2n) is 5.20. The van der Waals surface area contributed by atoms with E-state index in [9.17, 15) is 0 Å². The van der Waals surface area contributed by atoms with Gasteiger partial charge < -0.3 is 21.2 Å². The van der Waals surface area contributed by atoms with Gasteiger partial charge in [0.15, 0.2) is 0 Å². The minimum absolute atomic E-state index is 0.331. The molecule has 0 amide bonds. The Kier molecular flexibility index (Phi) is 4.62. The van der Waals surface area contributed by atoms with Crippen LogP contribution in [0.25, 0.3) is 0 Å². The molecule has 5 nitrogen and oxygen atoms in total. The lowest BCUT2D eigenvalue weighted by molar-refractivity contribution is 0.167. The smallest absolute Gasteiger partial charge is 0.139 e. The number of rotatable bonds is 5. The number of hydrogen-bond acceptors (Lipinski definition) is 4. The Morgan fingerprint density at radius 2 is 2.29 bits per heavy atom. The summed E-state index contributed by atoms with van der Waals surface area (Å²) in [5.41, 5.74) is 5.43. The molecule has 2 unspecified atom stereocenters. The van der Waals surface area contributed by atoms with Gasteiger partial charge in [-0.1, -0.05) is 5.16 Å². The van der Waals surface area contributed by atoms with Gasteiger partial charge in [-0.15, -0.1) is 0 Å². The van der Waals surface area contributed by atoms with E-state index in [-0.39, 0.29) is 0 Å². The van der Waals surface area contributed by atoms with Crippen LogP contribution in [0, 0.1) is 0 Å². The first-order valence-electron chi connectivity index (χ1n) is 6.73. The van der Waals surface area contributed by atoms with Gasteiger partial charge in [-0.2, -0.15) is 0 Å². The number of hydrogen-bond donors (Lipinski definition) is 3. The van der Waals surface area contributed by atoms with Gasteiger partial charge in [0.05, 0.1) is 0 Å². The number of piperidine rings is 1. The molecule has 2 aliphatic rings. The van der Waals surface area contributed by atoms with Gasteiger partial charge in [0, 0.05) is 18.5 Å². The number of nitrogens with two attached hydrogens (primary N) is 1. The summed E-state index contributed by atoms with van der Waals surface area (Å²) in [6.45, 7) is 3.52. The lowest BCUT2D eigenvalue weighted by Crippen LogP contribution is -2.45. The molecule has 2 heterocycles. The van der Waals surface area contributed by atoms with Crippen LogP contribution in [0.1, 0.15) is 38.5 Å². The Hall–Kier alpha value is -0.810. The lowest BCUT2D eigenvalue weighted by Gasteiger charge is -2.35. The van der Waals surface area contributed by atoms with E-state index >= 15 is 0 Å². The van der Waals surface area contributed by atoms with E-state index in [2.05, 4.69) is 15.4 Å². The molecule has 2 aliphatic heterocycles. The molecular formula is C12H24N4O. The maximum absolute atomic E-state index is 8.42. The summed E-state index contributed by atoms with van der Waals surface area (Å²) in [5, 5.41) is 15.0. The first-order valence-corrected chi connectivity index (χ1v) is 6.73. The molecule has 2 rings (SSSR count). The minimum atomic E-state index is 0.331. The first-order chi connectivity index (χ1) is 8.29. The quantitative estimate of drug-likeness (QED) is 0.218. The molecule has 0 spiro atoms. The highest BCUT2D eigenvalue weighted by molar-refractivity contribution is 5.79. The summed E-state index contributed by atoms with van der Waals surface area (Å²) >= 11 is 0. The van der Waals surface area contributed by atoms with Crippen molar-refractivity contribution in [2.45, 2.75) is 50.6 Å². The lowest BCUT2D eigenvalue weighted by atomic mass is 9.97. The molecule has 2 atom stereocenters. The second-order valence-corrected chi connectivity index (χ2v) is 5.20. The second kappa shape index (κ2) is 6.21. The SMILES string of the molecule is NC(CCCNC1CCN2CCCC2C1)=NO. The van der Waals surface area contributed by atoms with Crippen LogP contribution in [0.4, 0.5) is 0 Å². The molecule has 0 aromatic heterocycles. The van der Waals surface area contributed by atoms with Crippen molar-refractivity contribution in [1.82, 2.24) is 10.2 Å². The fourth-order valence-corrected chi connectivity index (χ4v) is 3.04. The van der Waals surface area contributed by atoms with Crippen LogP contribution < -0.4 is 11.1 Å². The van der Waals surface area contributed by atoms with Crippen molar-refractivity contribution in [3.8, 4) is 0 Å². The van der Waals surface area contributed by atoms with Crippen molar-refractivity contribution in [3.63, 3.8) is 0 Å². The summed E-state index contributed by atoms with van der Waals surface area (Å²) in [5.74, 6) is 0.331. The van der Waals surface area contributed by atoms with E-state index in [0.717, 1.165) is 19.0 Å². The third-order valence-electron chi connectivity index (χ3n) is 3.99. The molecule has 0 bridgehead atoms. The highest BCUT2D eigenvalue weighted by atomic mass is 16.4. The molecule has 4 N–H and O–H groups in total. The maximum atomic E-state index is 8.42. The topological polar surface area (TPSA) is 73.9 Å². The summed E-state index contributed by atoms with van der Waals surface area (Å²) in [4.78, 5) is 2.63. The standard InChI is InChI=1S/C12H24N4O/c13-12(15-17)4-1-6-14-10-5-8-16-7-2-3-11(16)9-10/h10-11,14,17H,1-9H2,(H2,13,15). The Balaban J connectivity index is 1.60. The highest BCUT2D eigenvalue weighted by Crippen LogP contribution is 2.26. The predicted octanol–water partition coefficient (Wildman–Crippen LogP) is 0.729. The van der Waals surface area contributed by atoms with Gasteiger partial charge >= 0.3 is 0 Å². The van der Waals surface area contributed by atoms with Crippen LogP contribution in [0.5, 0.6) is 0 Å². The number of amidine groups is 1. The highest BCUT2D eigenvalue weighted by Gasteiger charge is 2.31. The monoisotopic (exact) mass is 240 g/mol. The number of nitrogens with one attached hydrogen (secondary N) is 1. The summed E-state index contributed by atoms with van der Waals surface area (Å²) < 4.78 is 0. The van der Waals surface area contributed by atoms with Crippen molar-refractivity contribution in [2.24, 2.45) is 10.9 Å². The average Bonchev–Trinajstić information content (AvgIpc) is 2.81. The van der Waals surface area contributed by atoms with Crippen molar-refractivity contribution in [2.75, 3.05) is 19.6 Å². The van der Waals surface area contributed by atoms with Crippen LogP contribution in [0.15, 0.2) is 5.16 Å². The zero-order valence-corrected chi connectivity index (χ0v) is 10.4. The zero-order chi connectivity index (χ0) is 12.1. The van der Waals surface area contributed by atoms with Crippen LogP contribution in [0.2, 0.25) is 0 Å². The summed E-state index contributed by atoms with van der Waals surface area (Å²) in [6, 6.07) is 1.49. The number of nitrogens with zero attached hydrogens (tertiary/aromatic N) is 2. The van der Waals surface area contributed by atoms with Gasteiger partial charge in [-0.25, -0.2) is 0 Å². The van der Waals surface area contributed by atoms with E-state index < -0.39 is 0 Å². The third-order valence-corrected chi connectivity index (χ3v) is 3.99. The van der Waals surface area contributed by atoms with Crippen molar-refractivity contribution >= 4 is 5.84 Å². The summed E-state index contributed by atoms with van der Waals surface area (Å²) in [6.07, 6.45) is 6.93. The van der Waals surface area contributed by atoms with Crippen molar-refractivity contribution < 1.29 is 5.21 Å². The first kappa shape index (κ1) is 12.6. The molecule has 5 heteroatoms. The van der Waals surface area contributed by atoms with Gasteiger partial charge in [0.1, 0.15) is 5.84 Å². The normalized spacial score (nSPS) is 30.5. The largest absolute Gasteiger partial charge is 0.409 e. The van der Waals surface area contributed by atoms with E-state index in [1.165, 1.54) is 38.8 Å². The fraction of sp³-hybridized carbons (Fsp3) is 0.917. The molecule has 0 aromatic carbocycles. The van der Waals surface area contributed by atoms with Crippen molar-refractivity contribution in [1.29, 1.82) is 0 Å². The van der Waals surface area contributed by atoms with Crippen LogP contribution in [-0.2, 0) is 0 Å². The molecule has 17 heavy (non-hydrogen) atoms. The molecule has 0 radical (unpaired) electrons. The Bertz CT molecular complexity index is 269. The van der Waals surface area contributed by atoms with Gasteiger partial charge in [-0.05, 0) is 51.7 Å². The van der Waals surface area contributed by atoms with E-state index in [0.29, 0.717) is 18.3 Å². The van der Waals surface area contributed by atoms with E-state index in [1.54, 1.807) is 0 Å². The molecule has 98 valence electrons. The molecular weight excluding hydrogens is 216 g/mol. The Morgan fingerprint density at radius 3 is 3.12 bits per heavy atom. The van der Waals surface area contributed by atoms with E-state index in [4.69, 9.17) is 10.9 Å². The van der Waals surface area contributed by atoms with Gasteiger partial charge in [-0.3, -0.25) is 0 Å². The molecule has 0 saturated carbocycles. The zero-order valence-electron chi connectivity index (χ0n) is 10.4. The molecule has 0 aliphatic carbocycles. The molecule has 2 fully saturated rings. The fourth-order valence-electron chi connectivity index (χ4n) is 3.04. The molecule has 0 aromatic rings. The molecule has 2 saturated heterocycles. The van der Waals surface area contributed by atoms with Gasteiger partial charge in [0.25, 0.3) is 0 Å². The Labute approximate surface area is 103 Å². The maximum Gasteiger partial charge on any atom is 0.139 e. The summed E-state index contributed by atoms with van der Waals surface area (Å²) in [7, 11) is 0. The minimum Gasteiger partial charge on any atom is -0.409 e. The van der Waals surface area contributed by atoms with E-state index in [1.807, 2.05) is 0 Å². The predicted molar refractivity (Wildman–Crippen MR) is 68.3 cm³/mol. The number of oxime groups is 1. The Morgan fingerprint density at radius 1 is 1.41 bits per heavy atom. The average molecular weight is 240 g/mol. The van der Waals surface area contributed by atoms with Crippen molar-refractivity contribution in [3.05, 3.63) is 0 Å².